The van der Waals surface area contributed by atoms with Crippen molar-refractivity contribution < 1.29 is 9.59 Å². The molecular weight excluding hydrogens is 474 g/mol. The zero-order chi connectivity index (χ0) is 25.2. The number of piperidine rings is 1. The maximum absolute atomic E-state index is 13.4. The highest BCUT2D eigenvalue weighted by Crippen LogP contribution is 2.28. The highest BCUT2D eigenvalue weighted by molar-refractivity contribution is 7.20. The van der Waals surface area contributed by atoms with Crippen LogP contribution in [-0.2, 0) is 17.9 Å². The summed E-state index contributed by atoms with van der Waals surface area (Å²) >= 11 is 1.27. The topological polar surface area (TPSA) is 78.8 Å². The number of benzene rings is 1. The molecule has 5 rings (SSSR count). The first-order valence-corrected chi connectivity index (χ1v) is 13.6. The van der Waals surface area contributed by atoms with Crippen molar-refractivity contribution >= 4 is 33.4 Å². The van der Waals surface area contributed by atoms with E-state index in [1.807, 2.05) is 34.9 Å². The maximum atomic E-state index is 13.4. The van der Waals surface area contributed by atoms with Crippen LogP contribution in [-0.4, -0.2) is 74.8 Å². The lowest BCUT2D eigenvalue weighted by molar-refractivity contribution is -0.135. The van der Waals surface area contributed by atoms with Crippen molar-refractivity contribution in [2.24, 2.45) is 0 Å². The van der Waals surface area contributed by atoms with E-state index in [1.165, 1.54) is 27.8 Å². The Kier molecular flexibility index (Phi) is 7.20. The number of nitrogens with zero attached hydrogens (tertiary/aromatic N) is 5. The number of carbonyl (C=O) groups excluding carboxylic acids is 2. The van der Waals surface area contributed by atoms with Crippen LogP contribution < -0.4 is 5.56 Å². The van der Waals surface area contributed by atoms with Crippen LogP contribution >= 0.6 is 11.3 Å². The van der Waals surface area contributed by atoms with E-state index in [-0.39, 0.29) is 30.0 Å². The van der Waals surface area contributed by atoms with Gasteiger partial charge in [-0.1, -0.05) is 30.3 Å². The number of carbonyl (C=O) groups is 2. The molecule has 1 aromatic carbocycles. The van der Waals surface area contributed by atoms with Gasteiger partial charge in [0.1, 0.15) is 11.4 Å². The number of amides is 2. The molecule has 2 saturated heterocycles. The van der Waals surface area contributed by atoms with Gasteiger partial charge in [0.05, 0.1) is 16.6 Å². The molecule has 0 unspecified atom stereocenters. The van der Waals surface area contributed by atoms with Gasteiger partial charge in [-0.15, -0.1) is 11.3 Å². The molecule has 4 heterocycles. The average Bonchev–Trinajstić information content (AvgIpc) is 3.23. The minimum absolute atomic E-state index is 0.0198. The largest absolute Gasteiger partial charge is 0.338 e. The SMILES string of the molecule is Cc1c(C(=O)N2CCN(Cc3ccccc3)CC2)sc2ncn(CC(=O)N3CCCC[C@@H]3C)c(=O)c12. The van der Waals surface area contributed by atoms with Gasteiger partial charge in [-0.05, 0) is 44.2 Å². The first-order valence-electron chi connectivity index (χ1n) is 12.8. The van der Waals surface area contributed by atoms with Crippen LogP contribution in [0.1, 0.15) is 47.0 Å². The van der Waals surface area contributed by atoms with E-state index in [0.29, 0.717) is 33.7 Å². The fourth-order valence-electron chi connectivity index (χ4n) is 5.28. The summed E-state index contributed by atoms with van der Waals surface area (Å²) in [5.41, 5.74) is 1.68. The molecule has 2 fully saturated rings. The van der Waals surface area contributed by atoms with Crippen LogP contribution in [0.4, 0.5) is 0 Å². The predicted molar refractivity (Wildman–Crippen MR) is 141 cm³/mol. The number of fused-ring (bicyclic) bond motifs is 1. The van der Waals surface area contributed by atoms with Gasteiger partial charge in [-0.25, -0.2) is 4.98 Å². The monoisotopic (exact) mass is 507 g/mol. The van der Waals surface area contributed by atoms with Gasteiger partial charge >= 0.3 is 0 Å². The third-order valence-corrected chi connectivity index (χ3v) is 8.64. The zero-order valence-electron chi connectivity index (χ0n) is 21.0. The molecule has 2 aromatic heterocycles. The second kappa shape index (κ2) is 10.5. The first-order chi connectivity index (χ1) is 17.4. The van der Waals surface area contributed by atoms with Crippen molar-refractivity contribution in [3.63, 3.8) is 0 Å². The molecule has 0 saturated carbocycles. The Morgan fingerprint density at radius 2 is 1.81 bits per heavy atom. The molecule has 2 aliphatic heterocycles. The van der Waals surface area contributed by atoms with Crippen LogP contribution in [0.3, 0.4) is 0 Å². The molecule has 9 heteroatoms. The standard InChI is InChI=1S/C27H33N5O3S/c1-19-8-6-7-11-32(19)22(33)17-31-18-28-25-23(26(31)34)20(2)24(36-25)27(35)30-14-12-29(13-15-30)16-21-9-4-3-5-10-21/h3-5,9-10,18-19H,6-8,11-17H2,1-2H3/t19-/m0/s1. The molecule has 0 spiro atoms. The Labute approximate surface area is 215 Å². The number of rotatable bonds is 5. The quantitative estimate of drug-likeness (QED) is 0.530. The summed E-state index contributed by atoms with van der Waals surface area (Å²) in [6, 6.07) is 10.6. The number of likely N-dealkylation sites (tertiary alicyclic amines) is 1. The smallest absolute Gasteiger partial charge is 0.264 e. The van der Waals surface area contributed by atoms with Gasteiger partial charge in [0.15, 0.2) is 0 Å². The van der Waals surface area contributed by atoms with Crippen LogP contribution in [0.5, 0.6) is 0 Å². The summed E-state index contributed by atoms with van der Waals surface area (Å²) in [6.07, 6.45) is 4.57. The van der Waals surface area contributed by atoms with Gasteiger partial charge in [-0.2, -0.15) is 0 Å². The van der Waals surface area contributed by atoms with Crippen molar-refractivity contribution in [2.75, 3.05) is 32.7 Å². The molecule has 1 atom stereocenters. The van der Waals surface area contributed by atoms with Gasteiger partial charge in [0.2, 0.25) is 5.91 Å². The van der Waals surface area contributed by atoms with E-state index >= 15 is 0 Å². The van der Waals surface area contributed by atoms with Crippen molar-refractivity contribution in [3.05, 3.63) is 63.0 Å². The molecule has 0 bridgehead atoms. The van der Waals surface area contributed by atoms with Crippen molar-refractivity contribution in [1.29, 1.82) is 0 Å². The Morgan fingerprint density at radius 1 is 1.06 bits per heavy atom. The maximum Gasteiger partial charge on any atom is 0.264 e. The van der Waals surface area contributed by atoms with Crippen LogP contribution in [0, 0.1) is 6.92 Å². The van der Waals surface area contributed by atoms with E-state index in [9.17, 15) is 14.4 Å². The normalized spacial score (nSPS) is 19.1. The second-order valence-electron chi connectivity index (χ2n) is 9.90. The summed E-state index contributed by atoms with van der Waals surface area (Å²) < 4.78 is 1.39. The number of hydrogen-bond acceptors (Lipinski definition) is 6. The summed E-state index contributed by atoms with van der Waals surface area (Å²) in [7, 11) is 0. The molecule has 36 heavy (non-hydrogen) atoms. The van der Waals surface area contributed by atoms with Crippen molar-refractivity contribution in [2.45, 2.75) is 52.2 Å². The molecule has 8 nitrogen and oxygen atoms in total. The molecule has 190 valence electrons. The first kappa shape index (κ1) is 24.6. The van der Waals surface area contributed by atoms with Crippen molar-refractivity contribution in [3.8, 4) is 0 Å². The molecule has 0 aliphatic carbocycles. The van der Waals surface area contributed by atoms with Crippen LogP contribution in [0.25, 0.3) is 10.2 Å². The molecule has 2 aliphatic rings. The van der Waals surface area contributed by atoms with Gasteiger partial charge < -0.3 is 9.80 Å². The number of hydrogen-bond donors (Lipinski definition) is 0. The average molecular weight is 508 g/mol. The molecule has 3 aromatic rings. The Bertz CT molecular complexity index is 1310. The summed E-state index contributed by atoms with van der Waals surface area (Å²) in [5, 5.41) is 0.452. The molecular formula is C27H33N5O3S. The predicted octanol–water partition coefficient (Wildman–Crippen LogP) is 3.13. The van der Waals surface area contributed by atoms with E-state index in [2.05, 4.69) is 28.9 Å². The zero-order valence-corrected chi connectivity index (χ0v) is 21.8. The Balaban J connectivity index is 1.29. The minimum atomic E-state index is -0.251. The Hall–Kier alpha value is -3.04. The fourth-order valence-corrected chi connectivity index (χ4v) is 6.38. The molecule has 2 amide bonds. The Morgan fingerprint density at radius 3 is 2.53 bits per heavy atom. The summed E-state index contributed by atoms with van der Waals surface area (Å²) in [6.45, 7) is 8.40. The van der Waals surface area contributed by atoms with E-state index < -0.39 is 0 Å². The lowest BCUT2D eigenvalue weighted by Crippen LogP contribution is -2.48. The summed E-state index contributed by atoms with van der Waals surface area (Å²) in [4.78, 5) is 51.3. The van der Waals surface area contributed by atoms with Gasteiger partial charge in [0, 0.05) is 45.3 Å². The minimum Gasteiger partial charge on any atom is -0.338 e. The number of aryl methyl sites for hydroxylation is 1. The number of aromatic nitrogens is 2. The van der Waals surface area contributed by atoms with E-state index in [1.54, 1.807) is 0 Å². The highest BCUT2D eigenvalue weighted by Gasteiger charge is 2.28. The fraction of sp³-hybridized carbons (Fsp3) is 0.481. The number of thiophene rings is 1. The summed E-state index contributed by atoms with van der Waals surface area (Å²) in [5.74, 6) is -0.0953. The third kappa shape index (κ3) is 4.95. The van der Waals surface area contributed by atoms with Gasteiger partial charge in [-0.3, -0.25) is 23.9 Å². The second-order valence-corrected chi connectivity index (χ2v) is 10.9. The van der Waals surface area contributed by atoms with Gasteiger partial charge in [0.25, 0.3) is 11.5 Å². The lowest BCUT2D eigenvalue weighted by Gasteiger charge is -2.34. The molecule has 0 N–H and O–H groups in total. The van der Waals surface area contributed by atoms with Crippen LogP contribution in [0.15, 0.2) is 41.5 Å². The third-order valence-electron chi connectivity index (χ3n) is 7.45. The lowest BCUT2D eigenvalue weighted by atomic mass is 10.0. The highest BCUT2D eigenvalue weighted by atomic mass is 32.1. The van der Waals surface area contributed by atoms with E-state index in [0.717, 1.165) is 45.4 Å². The number of piperazine rings is 1. The van der Waals surface area contributed by atoms with E-state index in [4.69, 9.17) is 0 Å². The molecule has 0 radical (unpaired) electrons. The van der Waals surface area contributed by atoms with Crippen LogP contribution in [0.2, 0.25) is 0 Å². The van der Waals surface area contributed by atoms with Crippen molar-refractivity contribution in [1.82, 2.24) is 24.3 Å².